The number of thiophene rings is 2. The van der Waals surface area contributed by atoms with Gasteiger partial charge in [-0.3, -0.25) is 0 Å². The zero-order chi connectivity index (χ0) is 13.9. The Morgan fingerprint density at radius 2 is 2.05 bits per heavy atom. The average Bonchev–Trinajstić information content (AvgIpc) is 2.99. The molecule has 1 atom stereocenters. The van der Waals surface area contributed by atoms with Crippen LogP contribution in [-0.2, 0) is 12.0 Å². The lowest BCUT2D eigenvalue weighted by molar-refractivity contribution is 0.175. The van der Waals surface area contributed by atoms with Gasteiger partial charge in [0.05, 0.1) is 6.10 Å². The van der Waals surface area contributed by atoms with E-state index >= 15 is 0 Å². The lowest BCUT2D eigenvalue weighted by Gasteiger charge is -2.15. The van der Waals surface area contributed by atoms with Gasteiger partial charge in [-0.2, -0.15) is 11.3 Å². The van der Waals surface area contributed by atoms with Gasteiger partial charge in [0.2, 0.25) is 0 Å². The molecule has 0 spiro atoms. The molecule has 2 N–H and O–H groups in total. The van der Waals surface area contributed by atoms with Crippen molar-refractivity contribution in [3.63, 3.8) is 0 Å². The zero-order valence-corrected chi connectivity index (χ0v) is 13.3. The maximum atomic E-state index is 9.97. The van der Waals surface area contributed by atoms with Crippen molar-refractivity contribution in [3.8, 4) is 0 Å². The van der Waals surface area contributed by atoms with E-state index in [4.69, 9.17) is 0 Å². The summed E-state index contributed by atoms with van der Waals surface area (Å²) in [5.74, 6) is 0. The van der Waals surface area contributed by atoms with E-state index in [1.807, 2.05) is 28.2 Å². The molecule has 2 rings (SSSR count). The topological polar surface area (TPSA) is 32.3 Å². The Morgan fingerprint density at radius 1 is 1.26 bits per heavy atom. The summed E-state index contributed by atoms with van der Waals surface area (Å²) in [5, 5.41) is 17.3. The third-order valence-electron chi connectivity index (χ3n) is 2.97. The predicted molar refractivity (Wildman–Crippen MR) is 84.0 cm³/mol. The summed E-state index contributed by atoms with van der Waals surface area (Å²) in [4.78, 5) is 2.73. The van der Waals surface area contributed by atoms with Crippen LogP contribution < -0.4 is 5.32 Å². The number of hydrogen-bond acceptors (Lipinski definition) is 4. The largest absolute Gasteiger partial charge is 0.387 e. The molecule has 19 heavy (non-hydrogen) atoms. The Bertz CT molecular complexity index is 496. The van der Waals surface area contributed by atoms with Crippen LogP contribution >= 0.6 is 22.7 Å². The molecule has 0 amide bonds. The van der Waals surface area contributed by atoms with Gasteiger partial charge in [0.25, 0.3) is 0 Å². The zero-order valence-electron chi connectivity index (χ0n) is 11.6. The first-order valence-corrected chi connectivity index (χ1v) is 8.23. The van der Waals surface area contributed by atoms with Gasteiger partial charge < -0.3 is 10.4 Å². The van der Waals surface area contributed by atoms with Gasteiger partial charge in [-0.1, -0.05) is 20.8 Å². The summed E-state index contributed by atoms with van der Waals surface area (Å²) in [6, 6.07) is 6.35. The van der Waals surface area contributed by atoms with Gasteiger partial charge in [-0.25, -0.2) is 0 Å². The normalized spacial score (nSPS) is 13.7. The van der Waals surface area contributed by atoms with Gasteiger partial charge in [-0.05, 0) is 39.9 Å². The molecule has 0 saturated heterocycles. The molecular formula is C15H21NOS2. The summed E-state index contributed by atoms with van der Waals surface area (Å²) >= 11 is 3.46. The van der Waals surface area contributed by atoms with Gasteiger partial charge in [0, 0.05) is 22.8 Å². The lowest BCUT2D eigenvalue weighted by Crippen LogP contribution is -2.20. The van der Waals surface area contributed by atoms with Crippen LogP contribution in [0.2, 0.25) is 0 Å². The molecule has 0 radical (unpaired) electrons. The van der Waals surface area contributed by atoms with Gasteiger partial charge >= 0.3 is 0 Å². The molecule has 2 nitrogen and oxygen atoms in total. The summed E-state index contributed by atoms with van der Waals surface area (Å²) in [7, 11) is 0. The minimum atomic E-state index is -0.409. The van der Waals surface area contributed by atoms with Crippen molar-refractivity contribution in [2.45, 2.75) is 38.8 Å². The number of aliphatic hydroxyl groups is 1. The molecule has 1 unspecified atom stereocenters. The fourth-order valence-electron chi connectivity index (χ4n) is 1.79. The first kappa shape index (κ1) is 14.7. The highest BCUT2D eigenvalue weighted by atomic mass is 32.1. The van der Waals surface area contributed by atoms with Crippen LogP contribution in [0.25, 0.3) is 0 Å². The van der Waals surface area contributed by atoms with Gasteiger partial charge in [0.15, 0.2) is 0 Å². The van der Waals surface area contributed by atoms with Crippen molar-refractivity contribution in [1.82, 2.24) is 5.32 Å². The maximum Gasteiger partial charge on any atom is 0.0922 e. The second kappa shape index (κ2) is 6.18. The van der Waals surface area contributed by atoms with Crippen molar-refractivity contribution in [3.05, 3.63) is 44.3 Å². The van der Waals surface area contributed by atoms with Crippen LogP contribution in [0.5, 0.6) is 0 Å². The Kier molecular flexibility index (Phi) is 4.79. The minimum Gasteiger partial charge on any atom is -0.387 e. The minimum absolute atomic E-state index is 0.221. The number of hydrogen-bond donors (Lipinski definition) is 2. The maximum absolute atomic E-state index is 9.97. The highest BCUT2D eigenvalue weighted by Crippen LogP contribution is 2.29. The predicted octanol–water partition coefficient (Wildman–Crippen LogP) is 3.93. The van der Waals surface area contributed by atoms with E-state index < -0.39 is 6.10 Å². The molecule has 0 fully saturated rings. The fourth-order valence-corrected chi connectivity index (χ4v) is 3.53. The number of nitrogens with one attached hydrogen (secondary N) is 1. The van der Waals surface area contributed by atoms with Crippen molar-refractivity contribution in [2.75, 3.05) is 6.54 Å². The van der Waals surface area contributed by atoms with E-state index in [0.717, 1.165) is 12.1 Å². The van der Waals surface area contributed by atoms with Crippen LogP contribution in [0.3, 0.4) is 0 Å². The second-order valence-electron chi connectivity index (χ2n) is 5.72. The van der Waals surface area contributed by atoms with Crippen LogP contribution in [0.4, 0.5) is 0 Å². The first-order valence-electron chi connectivity index (χ1n) is 6.47. The summed E-state index contributed by atoms with van der Waals surface area (Å²) in [6.45, 7) is 8.12. The second-order valence-corrected chi connectivity index (χ2v) is 7.67. The van der Waals surface area contributed by atoms with Crippen LogP contribution in [0, 0.1) is 0 Å². The molecule has 0 saturated carbocycles. The highest BCUT2D eigenvalue weighted by Gasteiger charge is 2.16. The average molecular weight is 295 g/mol. The highest BCUT2D eigenvalue weighted by molar-refractivity contribution is 7.12. The van der Waals surface area contributed by atoms with E-state index in [1.54, 1.807) is 11.3 Å². The van der Waals surface area contributed by atoms with Crippen molar-refractivity contribution in [2.24, 2.45) is 0 Å². The SMILES string of the molecule is CC(C)(C)c1ccc(CNCC(O)c2ccsc2)s1. The Labute approximate surface area is 123 Å². The number of aliphatic hydroxyl groups excluding tert-OH is 1. The van der Waals surface area contributed by atoms with Gasteiger partial charge in [0.1, 0.15) is 0 Å². The first-order chi connectivity index (χ1) is 8.97. The third kappa shape index (κ3) is 4.14. The monoisotopic (exact) mass is 295 g/mol. The Balaban J connectivity index is 1.81. The van der Waals surface area contributed by atoms with Gasteiger partial charge in [-0.15, -0.1) is 11.3 Å². The van der Waals surface area contributed by atoms with E-state index in [0.29, 0.717) is 6.54 Å². The molecule has 0 aromatic carbocycles. The van der Waals surface area contributed by atoms with Crippen LogP contribution in [-0.4, -0.2) is 11.7 Å². The number of rotatable bonds is 5. The van der Waals surface area contributed by atoms with Crippen LogP contribution in [0.1, 0.15) is 42.2 Å². The Hall–Kier alpha value is -0.680. The van der Waals surface area contributed by atoms with E-state index in [-0.39, 0.29) is 5.41 Å². The van der Waals surface area contributed by atoms with Crippen molar-refractivity contribution in [1.29, 1.82) is 0 Å². The van der Waals surface area contributed by atoms with Crippen molar-refractivity contribution < 1.29 is 5.11 Å². The third-order valence-corrected chi connectivity index (χ3v) is 5.18. The summed E-state index contributed by atoms with van der Waals surface area (Å²) in [5.41, 5.74) is 1.22. The van der Waals surface area contributed by atoms with E-state index in [2.05, 4.69) is 38.2 Å². The quantitative estimate of drug-likeness (QED) is 0.876. The molecule has 2 heterocycles. The molecule has 2 aromatic heterocycles. The molecule has 2 aromatic rings. The standard InChI is InChI=1S/C15H21NOS2/c1-15(2,3)14-5-4-12(19-14)8-16-9-13(17)11-6-7-18-10-11/h4-7,10,13,16-17H,8-9H2,1-3H3. The Morgan fingerprint density at radius 3 is 2.63 bits per heavy atom. The lowest BCUT2D eigenvalue weighted by atomic mass is 9.95. The molecule has 0 aliphatic rings. The molecule has 0 aliphatic heterocycles. The molecule has 0 aliphatic carbocycles. The summed E-state index contributed by atoms with van der Waals surface area (Å²) < 4.78 is 0. The fraction of sp³-hybridized carbons (Fsp3) is 0.467. The van der Waals surface area contributed by atoms with Crippen LogP contribution in [0.15, 0.2) is 29.0 Å². The molecule has 0 bridgehead atoms. The molecule has 4 heteroatoms. The molecular weight excluding hydrogens is 274 g/mol. The van der Waals surface area contributed by atoms with E-state index in [1.165, 1.54) is 9.75 Å². The molecule has 104 valence electrons. The smallest absolute Gasteiger partial charge is 0.0922 e. The van der Waals surface area contributed by atoms with Crippen molar-refractivity contribution >= 4 is 22.7 Å². The summed E-state index contributed by atoms with van der Waals surface area (Å²) in [6.07, 6.45) is -0.409. The van der Waals surface area contributed by atoms with E-state index in [9.17, 15) is 5.11 Å².